The summed E-state index contributed by atoms with van der Waals surface area (Å²) < 4.78 is 4.87. The highest BCUT2D eigenvalue weighted by Crippen LogP contribution is 2.32. The van der Waals surface area contributed by atoms with Crippen LogP contribution >= 0.6 is 0 Å². The van der Waals surface area contributed by atoms with Gasteiger partial charge >= 0.3 is 5.97 Å². The number of nitrogens with one attached hydrogen (secondary N) is 1. The second kappa shape index (κ2) is 13.2. The van der Waals surface area contributed by atoms with E-state index >= 15 is 0 Å². The van der Waals surface area contributed by atoms with Gasteiger partial charge in [0.25, 0.3) is 0 Å². The Balaban J connectivity index is 1.32. The second-order valence-corrected chi connectivity index (χ2v) is 10.7. The van der Waals surface area contributed by atoms with Crippen LogP contribution in [0.4, 0.5) is 5.69 Å². The Kier molecular flexibility index (Phi) is 8.62. The van der Waals surface area contributed by atoms with Gasteiger partial charge in [0.15, 0.2) is 5.88 Å². The van der Waals surface area contributed by atoms with Crippen molar-refractivity contribution >= 4 is 28.3 Å². The molecule has 0 aliphatic carbocycles. The first-order valence-corrected chi connectivity index (χ1v) is 14.5. The molecule has 1 heterocycles. The van der Waals surface area contributed by atoms with Crippen molar-refractivity contribution in [2.45, 2.75) is 19.6 Å². The van der Waals surface area contributed by atoms with Crippen LogP contribution in [0.25, 0.3) is 10.9 Å². The van der Waals surface area contributed by atoms with Crippen LogP contribution in [0.15, 0.2) is 138 Å². The van der Waals surface area contributed by atoms with E-state index in [-0.39, 0.29) is 5.88 Å². The number of methoxy groups -OCH3 is 1. The lowest BCUT2D eigenvalue weighted by atomic mass is 10.00. The molecule has 0 spiro atoms. The smallest absolute Gasteiger partial charge is 0.337 e. The van der Waals surface area contributed by atoms with Gasteiger partial charge in [0.1, 0.15) is 0 Å². The van der Waals surface area contributed by atoms with E-state index in [0.717, 1.165) is 36.3 Å². The van der Waals surface area contributed by atoms with Crippen LogP contribution in [-0.2, 0) is 24.4 Å². The van der Waals surface area contributed by atoms with E-state index in [9.17, 15) is 9.90 Å². The van der Waals surface area contributed by atoms with Gasteiger partial charge in [-0.05, 0) is 41.0 Å². The molecule has 2 N–H and O–H groups in total. The molecule has 0 fully saturated rings. The van der Waals surface area contributed by atoms with Crippen molar-refractivity contribution in [1.29, 1.82) is 0 Å². The first-order valence-electron chi connectivity index (χ1n) is 14.5. The van der Waals surface area contributed by atoms with E-state index in [0.29, 0.717) is 22.4 Å². The van der Waals surface area contributed by atoms with Gasteiger partial charge in [-0.25, -0.2) is 9.79 Å². The number of hydrogen-bond acceptors (Lipinski definition) is 5. The number of ether oxygens (including phenoxy) is 1. The summed E-state index contributed by atoms with van der Waals surface area (Å²) in [6.45, 7) is 2.46. The number of carbonyl (C=O) groups is 1. The molecule has 0 bridgehead atoms. The Morgan fingerprint density at radius 3 is 1.82 bits per heavy atom. The predicted octanol–water partition coefficient (Wildman–Crippen LogP) is 8.03. The molecule has 0 saturated carbocycles. The van der Waals surface area contributed by atoms with Crippen molar-refractivity contribution in [1.82, 2.24) is 9.88 Å². The summed E-state index contributed by atoms with van der Waals surface area (Å²) in [5.41, 5.74) is 7.58. The second-order valence-electron chi connectivity index (χ2n) is 10.7. The van der Waals surface area contributed by atoms with Gasteiger partial charge in [0.2, 0.25) is 0 Å². The molecule has 6 rings (SSSR count). The van der Waals surface area contributed by atoms with Crippen molar-refractivity contribution in [3.63, 3.8) is 0 Å². The number of aromatic amines is 1. The van der Waals surface area contributed by atoms with Crippen LogP contribution in [0.3, 0.4) is 0 Å². The van der Waals surface area contributed by atoms with E-state index in [1.807, 2.05) is 60.7 Å². The highest BCUT2D eigenvalue weighted by Gasteiger charge is 2.20. The third-order valence-electron chi connectivity index (χ3n) is 7.57. The number of aliphatic imine (C=N–C) groups is 1. The fourth-order valence-electron chi connectivity index (χ4n) is 5.44. The van der Waals surface area contributed by atoms with Crippen LogP contribution < -0.4 is 0 Å². The van der Waals surface area contributed by atoms with Crippen molar-refractivity contribution < 1.29 is 14.6 Å². The fraction of sp³-hybridized carbons (Fsp3) is 0.105. The molecule has 0 atom stereocenters. The molecule has 5 aromatic carbocycles. The van der Waals surface area contributed by atoms with E-state index in [1.54, 1.807) is 12.1 Å². The SMILES string of the molecule is COC(=O)c1ccc2c(C(=Nc3ccc(CN(Cc4ccccc4)Cc4ccccc4)cc3)c3ccccc3)c(O)[nH]c2c1. The number of H-pyrrole nitrogens is 1. The normalized spacial score (nSPS) is 11.6. The summed E-state index contributed by atoms with van der Waals surface area (Å²) >= 11 is 0. The molecule has 6 heteroatoms. The standard InChI is InChI=1S/C38H33N3O3/c1-44-38(43)31-19-22-33-34(23-31)40-37(42)35(33)36(30-15-9-4-10-16-30)39-32-20-17-29(18-21-32)26-41(24-27-11-5-2-6-12-27)25-28-13-7-3-8-14-28/h2-23,40,42H,24-26H2,1H3. The molecule has 218 valence electrons. The summed E-state index contributed by atoms with van der Waals surface area (Å²) in [5.74, 6) is -0.454. The van der Waals surface area contributed by atoms with E-state index in [1.165, 1.54) is 23.8 Å². The zero-order valence-corrected chi connectivity index (χ0v) is 24.5. The molecule has 0 amide bonds. The van der Waals surface area contributed by atoms with Crippen LogP contribution in [0.5, 0.6) is 5.88 Å². The average Bonchev–Trinajstić information content (AvgIpc) is 3.40. The molecule has 0 unspecified atom stereocenters. The van der Waals surface area contributed by atoms with E-state index < -0.39 is 5.97 Å². The summed E-state index contributed by atoms with van der Waals surface area (Å²) in [5, 5.41) is 11.8. The number of esters is 1. The molecule has 1 aromatic heterocycles. The number of carbonyl (C=O) groups excluding carboxylic acids is 1. The lowest BCUT2D eigenvalue weighted by molar-refractivity contribution is 0.0601. The van der Waals surface area contributed by atoms with Crippen molar-refractivity contribution in [3.8, 4) is 5.88 Å². The van der Waals surface area contributed by atoms with Crippen LogP contribution in [0, 0.1) is 0 Å². The molecule has 0 aliphatic heterocycles. The maximum absolute atomic E-state index is 12.1. The fourth-order valence-corrected chi connectivity index (χ4v) is 5.44. The Morgan fingerprint density at radius 1 is 0.705 bits per heavy atom. The van der Waals surface area contributed by atoms with Crippen LogP contribution in [-0.4, -0.2) is 33.8 Å². The van der Waals surface area contributed by atoms with Gasteiger partial charge < -0.3 is 14.8 Å². The zero-order chi connectivity index (χ0) is 30.3. The van der Waals surface area contributed by atoms with Gasteiger partial charge in [-0.3, -0.25) is 4.90 Å². The number of nitrogens with zero attached hydrogens (tertiary/aromatic N) is 2. The largest absolute Gasteiger partial charge is 0.494 e. The van der Waals surface area contributed by atoms with Gasteiger partial charge in [0, 0.05) is 36.1 Å². The quantitative estimate of drug-likeness (QED) is 0.127. The number of hydrogen-bond donors (Lipinski definition) is 2. The molecule has 0 saturated heterocycles. The summed E-state index contributed by atoms with van der Waals surface area (Å²) in [6, 6.07) is 44.3. The monoisotopic (exact) mass is 579 g/mol. The van der Waals surface area contributed by atoms with Gasteiger partial charge in [-0.2, -0.15) is 0 Å². The Bertz CT molecular complexity index is 1840. The molecule has 0 aliphatic rings. The first-order chi connectivity index (χ1) is 21.6. The minimum atomic E-state index is -0.439. The minimum absolute atomic E-state index is 0.0151. The first kappa shape index (κ1) is 28.6. The maximum atomic E-state index is 12.1. The van der Waals surface area contributed by atoms with Gasteiger partial charge in [-0.1, -0.05) is 109 Å². The summed E-state index contributed by atoms with van der Waals surface area (Å²) in [6.07, 6.45) is 0. The highest BCUT2D eigenvalue weighted by atomic mass is 16.5. The summed E-state index contributed by atoms with van der Waals surface area (Å²) in [4.78, 5) is 22.6. The van der Waals surface area contributed by atoms with E-state index in [2.05, 4.69) is 70.5 Å². The van der Waals surface area contributed by atoms with Crippen LogP contribution in [0.1, 0.15) is 38.2 Å². The number of rotatable bonds is 10. The van der Waals surface area contributed by atoms with Gasteiger partial charge in [-0.15, -0.1) is 0 Å². The van der Waals surface area contributed by atoms with E-state index in [4.69, 9.17) is 9.73 Å². The lowest BCUT2D eigenvalue weighted by Crippen LogP contribution is -2.22. The molecular formula is C38H33N3O3. The van der Waals surface area contributed by atoms with Gasteiger partial charge in [0.05, 0.1) is 29.6 Å². The average molecular weight is 580 g/mol. The number of benzene rings is 5. The topological polar surface area (TPSA) is 77.9 Å². The lowest BCUT2D eigenvalue weighted by Gasteiger charge is -2.23. The van der Waals surface area contributed by atoms with Crippen molar-refractivity contribution in [2.24, 2.45) is 4.99 Å². The number of fused-ring (bicyclic) bond motifs is 1. The van der Waals surface area contributed by atoms with Crippen LogP contribution in [0.2, 0.25) is 0 Å². The Hall–Kier alpha value is -5.46. The minimum Gasteiger partial charge on any atom is -0.494 e. The number of aromatic hydroxyl groups is 1. The molecule has 6 aromatic rings. The third-order valence-corrected chi connectivity index (χ3v) is 7.57. The predicted molar refractivity (Wildman–Crippen MR) is 175 cm³/mol. The molecular weight excluding hydrogens is 546 g/mol. The third kappa shape index (κ3) is 6.61. The van der Waals surface area contributed by atoms with Crippen molar-refractivity contribution in [2.75, 3.05) is 7.11 Å². The molecule has 44 heavy (non-hydrogen) atoms. The highest BCUT2D eigenvalue weighted by molar-refractivity contribution is 6.22. The number of aromatic nitrogens is 1. The maximum Gasteiger partial charge on any atom is 0.337 e. The molecule has 0 radical (unpaired) electrons. The Morgan fingerprint density at radius 2 is 1.25 bits per heavy atom. The Labute approximate surface area is 256 Å². The summed E-state index contributed by atoms with van der Waals surface area (Å²) in [7, 11) is 1.35. The van der Waals surface area contributed by atoms with Crippen molar-refractivity contribution in [3.05, 3.63) is 167 Å². The zero-order valence-electron chi connectivity index (χ0n) is 24.5. The molecule has 6 nitrogen and oxygen atoms in total.